The molecule has 0 saturated heterocycles. The van der Waals surface area contributed by atoms with Crippen molar-refractivity contribution in [2.24, 2.45) is 5.92 Å². The first kappa shape index (κ1) is 29.1. The number of aliphatic carboxylic acids is 2. The molecule has 1 atom stereocenters. The maximum Gasteiger partial charge on any atom is 0.305 e. The topological polar surface area (TPSA) is 126 Å². The quantitative estimate of drug-likeness (QED) is 0.255. The van der Waals surface area contributed by atoms with E-state index < -0.39 is 24.4 Å². The Morgan fingerprint density at radius 2 is 1.18 bits per heavy atom. The van der Waals surface area contributed by atoms with Crippen molar-refractivity contribution in [1.82, 2.24) is 11.5 Å². The summed E-state index contributed by atoms with van der Waals surface area (Å²) in [6.07, 6.45) is 17.5. The third kappa shape index (κ3) is 21.2. The molecule has 0 radical (unpaired) electrons. The van der Waals surface area contributed by atoms with Crippen LogP contribution in [0, 0.1) is 5.92 Å². The second-order valence-corrected chi connectivity index (χ2v) is 8.20. The number of rotatable bonds is 20. The van der Waals surface area contributed by atoms with Crippen molar-refractivity contribution < 1.29 is 19.8 Å². The van der Waals surface area contributed by atoms with E-state index in [9.17, 15) is 14.7 Å². The Hall–Kier alpha value is -1.14. The molecule has 6 heteroatoms. The molecule has 0 heterocycles. The molecule has 6 nitrogen and oxygen atoms in total. The SMILES string of the molecule is CC(C)CCCCCCCCCCCCCCCN[C@@H](CC(=O)O)C(=O)[O-].[NH4+]. The standard InChI is InChI=1S/C22H43NO4.H3N/c1-19(2)16-14-12-10-8-6-4-3-5-7-9-11-13-15-17-23-20(22(26)27)18-21(24)25;/h19-20,23H,3-18H2,1-2H3,(H,24,25)(H,26,27);1H3/t20-;/m0./s1. The van der Waals surface area contributed by atoms with Crippen molar-refractivity contribution in [1.29, 1.82) is 0 Å². The van der Waals surface area contributed by atoms with E-state index in [0.717, 1.165) is 25.2 Å². The van der Waals surface area contributed by atoms with Gasteiger partial charge < -0.3 is 26.5 Å². The van der Waals surface area contributed by atoms with E-state index in [1.54, 1.807) is 0 Å². The van der Waals surface area contributed by atoms with Crippen molar-refractivity contribution in [3.8, 4) is 0 Å². The number of carboxylic acids is 2. The summed E-state index contributed by atoms with van der Waals surface area (Å²) < 4.78 is 0. The average molecular weight is 403 g/mol. The monoisotopic (exact) mass is 402 g/mol. The molecule has 168 valence electrons. The van der Waals surface area contributed by atoms with Gasteiger partial charge >= 0.3 is 5.97 Å². The number of quaternary nitrogens is 1. The third-order valence-corrected chi connectivity index (χ3v) is 5.01. The van der Waals surface area contributed by atoms with Crippen LogP contribution in [0.5, 0.6) is 0 Å². The van der Waals surface area contributed by atoms with Gasteiger partial charge in [0.05, 0.1) is 18.4 Å². The lowest BCUT2D eigenvalue weighted by Gasteiger charge is -2.17. The molecular weight excluding hydrogens is 356 g/mol. The first-order chi connectivity index (χ1) is 12.9. The summed E-state index contributed by atoms with van der Waals surface area (Å²) in [7, 11) is 0. The van der Waals surface area contributed by atoms with Gasteiger partial charge in [-0.1, -0.05) is 97.3 Å². The van der Waals surface area contributed by atoms with Crippen molar-refractivity contribution in [2.75, 3.05) is 6.54 Å². The number of carbonyl (C=O) groups excluding carboxylic acids is 1. The van der Waals surface area contributed by atoms with E-state index in [2.05, 4.69) is 19.2 Å². The number of hydrogen-bond donors (Lipinski definition) is 3. The predicted octanol–water partition coefficient (Wildman–Crippen LogP) is 4.66. The molecule has 6 N–H and O–H groups in total. The Morgan fingerprint density at radius 3 is 1.54 bits per heavy atom. The molecule has 0 aliphatic rings. The van der Waals surface area contributed by atoms with E-state index in [1.165, 1.54) is 70.6 Å². The Bertz CT molecular complexity index is 376. The van der Waals surface area contributed by atoms with Crippen LogP contribution in [0.1, 0.15) is 110 Å². The van der Waals surface area contributed by atoms with Crippen LogP contribution in [0.15, 0.2) is 0 Å². The zero-order chi connectivity index (χ0) is 20.3. The molecule has 0 aromatic heterocycles. The lowest BCUT2D eigenvalue weighted by molar-refractivity contribution is -0.308. The molecule has 0 fully saturated rings. The Kier molecular flexibility index (Phi) is 21.4. The largest absolute Gasteiger partial charge is 0.548 e. The Balaban J connectivity index is 0. The molecule has 0 bridgehead atoms. The molecule has 0 aliphatic heterocycles. The maximum atomic E-state index is 10.8. The lowest BCUT2D eigenvalue weighted by atomic mass is 10.0. The maximum absolute atomic E-state index is 10.8. The van der Waals surface area contributed by atoms with Crippen LogP contribution >= 0.6 is 0 Å². The van der Waals surface area contributed by atoms with Gasteiger partial charge in [-0.2, -0.15) is 0 Å². The molecule has 0 unspecified atom stereocenters. The molecule has 28 heavy (non-hydrogen) atoms. The second kappa shape index (κ2) is 20.6. The van der Waals surface area contributed by atoms with Gasteiger partial charge in [0.15, 0.2) is 0 Å². The van der Waals surface area contributed by atoms with Gasteiger partial charge in [-0.05, 0) is 18.9 Å². The van der Waals surface area contributed by atoms with E-state index in [0.29, 0.717) is 6.54 Å². The molecular formula is C22H46N2O4. The van der Waals surface area contributed by atoms with Gasteiger partial charge in [0, 0.05) is 0 Å². The minimum absolute atomic E-state index is 0. The fraction of sp³-hybridized carbons (Fsp3) is 0.909. The van der Waals surface area contributed by atoms with E-state index in [4.69, 9.17) is 5.11 Å². The normalized spacial score (nSPS) is 12.0. The predicted molar refractivity (Wildman–Crippen MR) is 115 cm³/mol. The highest BCUT2D eigenvalue weighted by atomic mass is 16.4. The van der Waals surface area contributed by atoms with Crippen LogP contribution in [-0.2, 0) is 9.59 Å². The zero-order valence-corrected chi connectivity index (χ0v) is 18.6. The van der Waals surface area contributed by atoms with Crippen LogP contribution in [0.2, 0.25) is 0 Å². The zero-order valence-electron chi connectivity index (χ0n) is 18.6. The molecule has 0 amide bonds. The molecule has 0 aromatic carbocycles. The van der Waals surface area contributed by atoms with Crippen LogP contribution in [0.25, 0.3) is 0 Å². The number of nitrogens with one attached hydrogen (secondary N) is 1. The lowest BCUT2D eigenvalue weighted by Crippen LogP contribution is -2.46. The van der Waals surface area contributed by atoms with Gasteiger partial charge in [-0.3, -0.25) is 4.79 Å². The summed E-state index contributed by atoms with van der Waals surface area (Å²) in [5.74, 6) is -1.62. The van der Waals surface area contributed by atoms with Crippen molar-refractivity contribution in [3.63, 3.8) is 0 Å². The van der Waals surface area contributed by atoms with E-state index in [1.807, 2.05) is 0 Å². The average Bonchev–Trinajstić information content (AvgIpc) is 2.59. The summed E-state index contributed by atoms with van der Waals surface area (Å²) in [6.45, 7) is 5.13. The summed E-state index contributed by atoms with van der Waals surface area (Å²) in [6, 6.07) is -1.09. The highest BCUT2D eigenvalue weighted by molar-refractivity contribution is 5.79. The van der Waals surface area contributed by atoms with Gasteiger partial charge in [0.2, 0.25) is 0 Å². The molecule has 0 spiro atoms. The molecule has 0 rings (SSSR count). The summed E-state index contributed by atoms with van der Waals surface area (Å²) in [5, 5.41) is 22.2. The van der Waals surface area contributed by atoms with Crippen LogP contribution < -0.4 is 16.6 Å². The van der Waals surface area contributed by atoms with Crippen LogP contribution in [0.4, 0.5) is 0 Å². The van der Waals surface area contributed by atoms with Crippen LogP contribution in [-0.4, -0.2) is 29.6 Å². The number of carboxylic acid groups (broad SMARTS) is 2. The van der Waals surface area contributed by atoms with Gasteiger partial charge in [0.25, 0.3) is 0 Å². The first-order valence-corrected chi connectivity index (χ1v) is 11.1. The summed E-state index contributed by atoms with van der Waals surface area (Å²) in [4.78, 5) is 21.4. The fourth-order valence-electron chi connectivity index (χ4n) is 3.31. The number of unbranched alkanes of at least 4 members (excludes halogenated alkanes) is 12. The molecule has 0 aromatic rings. The van der Waals surface area contributed by atoms with Crippen molar-refractivity contribution >= 4 is 11.9 Å². The second-order valence-electron chi connectivity index (χ2n) is 8.20. The highest BCUT2D eigenvalue weighted by Gasteiger charge is 2.12. The smallest absolute Gasteiger partial charge is 0.305 e. The van der Waals surface area contributed by atoms with E-state index >= 15 is 0 Å². The summed E-state index contributed by atoms with van der Waals surface area (Å²) >= 11 is 0. The van der Waals surface area contributed by atoms with Gasteiger partial charge in [-0.25, -0.2) is 0 Å². The van der Waals surface area contributed by atoms with Crippen molar-refractivity contribution in [3.05, 3.63) is 0 Å². The highest BCUT2D eigenvalue weighted by Crippen LogP contribution is 2.14. The first-order valence-electron chi connectivity index (χ1n) is 11.1. The van der Waals surface area contributed by atoms with Crippen LogP contribution in [0.3, 0.4) is 0 Å². The number of carbonyl (C=O) groups is 2. The Labute approximate surface area is 172 Å². The Morgan fingerprint density at radius 1 is 0.786 bits per heavy atom. The third-order valence-electron chi connectivity index (χ3n) is 5.01. The van der Waals surface area contributed by atoms with Gasteiger partial charge in [-0.15, -0.1) is 0 Å². The molecule has 0 aliphatic carbocycles. The molecule has 0 saturated carbocycles. The number of hydrogen-bond acceptors (Lipinski definition) is 4. The van der Waals surface area contributed by atoms with Gasteiger partial charge in [0.1, 0.15) is 0 Å². The summed E-state index contributed by atoms with van der Waals surface area (Å²) in [5.41, 5.74) is 0. The minimum Gasteiger partial charge on any atom is -0.548 e. The fourth-order valence-corrected chi connectivity index (χ4v) is 3.31. The minimum atomic E-state index is -1.34. The van der Waals surface area contributed by atoms with Crippen molar-refractivity contribution in [2.45, 2.75) is 116 Å². The van der Waals surface area contributed by atoms with E-state index in [-0.39, 0.29) is 6.15 Å².